The summed E-state index contributed by atoms with van der Waals surface area (Å²) in [7, 11) is 0. The number of hydrogen-bond acceptors (Lipinski definition) is 4. The number of para-hydroxylation sites is 1. The first-order valence-electron chi connectivity index (χ1n) is 9.04. The predicted octanol–water partition coefficient (Wildman–Crippen LogP) is 5.09. The van der Waals surface area contributed by atoms with E-state index in [-0.39, 0.29) is 17.7 Å². The number of terminal acetylenes is 1. The molecule has 5 heteroatoms. The van der Waals surface area contributed by atoms with Crippen LogP contribution in [0.4, 0.5) is 4.79 Å². The van der Waals surface area contributed by atoms with Gasteiger partial charge < -0.3 is 4.74 Å². The van der Waals surface area contributed by atoms with Crippen LogP contribution in [-0.4, -0.2) is 22.6 Å². The standard InChI is InChI=1S/C24H17NO3S/c1-2-14-25-23(26)22(29-24(25)27)15-18-9-4-6-13-21(18)28-16-19-11-7-10-17-8-3-5-12-20(17)19/h1,3-13,15H,14,16H2. The first-order chi connectivity index (χ1) is 14.2. The lowest BCUT2D eigenvalue weighted by molar-refractivity contribution is -0.122. The van der Waals surface area contributed by atoms with E-state index in [0.29, 0.717) is 17.3 Å². The van der Waals surface area contributed by atoms with Gasteiger partial charge in [-0.1, -0.05) is 66.6 Å². The molecule has 0 saturated carbocycles. The van der Waals surface area contributed by atoms with E-state index in [9.17, 15) is 9.59 Å². The Morgan fingerprint density at radius 3 is 2.62 bits per heavy atom. The molecule has 3 aromatic carbocycles. The Morgan fingerprint density at radius 1 is 1.00 bits per heavy atom. The molecule has 1 fully saturated rings. The Labute approximate surface area is 173 Å². The van der Waals surface area contributed by atoms with Crippen LogP contribution >= 0.6 is 11.8 Å². The lowest BCUT2D eigenvalue weighted by Crippen LogP contribution is -2.28. The Hall–Kier alpha value is -3.49. The number of carbonyl (C=O) groups excluding carboxylic acids is 2. The van der Waals surface area contributed by atoms with Crippen LogP contribution in [0.3, 0.4) is 0 Å². The van der Waals surface area contributed by atoms with Crippen LogP contribution in [0.2, 0.25) is 0 Å². The number of benzene rings is 3. The highest BCUT2D eigenvalue weighted by Gasteiger charge is 2.34. The van der Waals surface area contributed by atoms with Crippen molar-refractivity contribution in [1.29, 1.82) is 0 Å². The zero-order valence-corrected chi connectivity index (χ0v) is 16.3. The number of imide groups is 1. The van der Waals surface area contributed by atoms with Crippen LogP contribution in [0, 0.1) is 12.3 Å². The molecule has 0 aromatic heterocycles. The van der Waals surface area contributed by atoms with E-state index in [4.69, 9.17) is 11.2 Å². The molecule has 4 nitrogen and oxygen atoms in total. The van der Waals surface area contributed by atoms with Crippen molar-refractivity contribution in [3.8, 4) is 18.1 Å². The molecule has 1 saturated heterocycles. The molecule has 1 aliphatic rings. The van der Waals surface area contributed by atoms with E-state index in [1.54, 1.807) is 6.08 Å². The predicted molar refractivity (Wildman–Crippen MR) is 116 cm³/mol. The highest BCUT2D eigenvalue weighted by Crippen LogP contribution is 2.34. The molecule has 0 atom stereocenters. The lowest BCUT2D eigenvalue weighted by atomic mass is 10.1. The van der Waals surface area contributed by atoms with Crippen LogP contribution in [0.1, 0.15) is 11.1 Å². The van der Waals surface area contributed by atoms with Gasteiger partial charge in [-0.15, -0.1) is 6.42 Å². The molecule has 0 aliphatic carbocycles. The third-order valence-corrected chi connectivity index (χ3v) is 5.50. The molecule has 3 aromatic rings. The molecular formula is C24H17NO3S. The highest BCUT2D eigenvalue weighted by atomic mass is 32.2. The van der Waals surface area contributed by atoms with E-state index in [0.717, 1.165) is 38.6 Å². The fraction of sp³-hybridized carbons (Fsp3) is 0.0833. The molecule has 0 unspecified atom stereocenters. The molecule has 29 heavy (non-hydrogen) atoms. The first-order valence-corrected chi connectivity index (χ1v) is 9.86. The lowest BCUT2D eigenvalue weighted by Gasteiger charge is -2.11. The number of amides is 2. The summed E-state index contributed by atoms with van der Waals surface area (Å²) in [5.41, 5.74) is 1.81. The Kier molecular flexibility index (Phi) is 5.37. The SMILES string of the molecule is C#CCN1C(=O)SC(=Cc2ccccc2OCc2cccc3ccccc23)C1=O. The number of rotatable bonds is 5. The van der Waals surface area contributed by atoms with Gasteiger partial charge in [0, 0.05) is 5.56 Å². The maximum Gasteiger partial charge on any atom is 0.294 e. The zero-order valence-electron chi connectivity index (χ0n) is 15.5. The number of fused-ring (bicyclic) bond motifs is 1. The second-order valence-electron chi connectivity index (χ2n) is 6.44. The summed E-state index contributed by atoms with van der Waals surface area (Å²) in [5, 5.41) is 1.94. The summed E-state index contributed by atoms with van der Waals surface area (Å²) in [6, 6.07) is 21.7. The maximum atomic E-state index is 12.4. The van der Waals surface area contributed by atoms with E-state index >= 15 is 0 Å². The fourth-order valence-electron chi connectivity index (χ4n) is 3.17. The Morgan fingerprint density at radius 2 is 1.76 bits per heavy atom. The number of nitrogens with zero attached hydrogens (tertiary/aromatic N) is 1. The van der Waals surface area contributed by atoms with Crippen LogP contribution in [0.15, 0.2) is 71.6 Å². The van der Waals surface area contributed by atoms with Crippen LogP contribution in [0.5, 0.6) is 5.75 Å². The van der Waals surface area contributed by atoms with Crippen molar-refractivity contribution >= 4 is 39.8 Å². The van der Waals surface area contributed by atoms with Crippen molar-refractivity contribution in [1.82, 2.24) is 4.90 Å². The molecule has 2 amide bonds. The van der Waals surface area contributed by atoms with Crippen LogP contribution in [-0.2, 0) is 11.4 Å². The second-order valence-corrected chi connectivity index (χ2v) is 7.43. The highest BCUT2D eigenvalue weighted by molar-refractivity contribution is 8.18. The average molecular weight is 399 g/mol. The number of carbonyl (C=O) groups is 2. The topological polar surface area (TPSA) is 46.6 Å². The third kappa shape index (κ3) is 3.89. The van der Waals surface area contributed by atoms with Crippen molar-refractivity contribution in [2.24, 2.45) is 0 Å². The summed E-state index contributed by atoms with van der Waals surface area (Å²) < 4.78 is 6.08. The molecule has 0 radical (unpaired) electrons. The summed E-state index contributed by atoms with van der Waals surface area (Å²) in [6.45, 7) is 0.367. The first kappa shape index (κ1) is 18.9. The average Bonchev–Trinajstić information content (AvgIpc) is 3.01. The van der Waals surface area contributed by atoms with Gasteiger partial charge in [-0.2, -0.15) is 0 Å². The van der Waals surface area contributed by atoms with Crippen LogP contribution < -0.4 is 4.74 Å². The zero-order chi connectivity index (χ0) is 20.2. The van der Waals surface area contributed by atoms with Crippen molar-refractivity contribution in [2.75, 3.05) is 6.54 Å². The number of hydrogen-bond donors (Lipinski definition) is 0. The van der Waals surface area contributed by atoms with Gasteiger partial charge in [-0.25, -0.2) is 0 Å². The monoisotopic (exact) mass is 399 g/mol. The molecule has 0 N–H and O–H groups in total. The van der Waals surface area contributed by atoms with Gasteiger partial charge in [-0.3, -0.25) is 14.5 Å². The Balaban J connectivity index is 1.59. The van der Waals surface area contributed by atoms with Crippen LogP contribution in [0.25, 0.3) is 16.8 Å². The Bertz CT molecular complexity index is 1170. The van der Waals surface area contributed by atoms with Gasteiger partial charge >= 0.3 is 0 Å². The minimum atomic E-state index is -0.373. The van der Waals surface area contributed by atoms with E-state index in [1.807, 2.05) is 48.5 Å². The molecule has 0 bridgehead atoms. The minimum absolute atomic E-state index is 0.0266. The minimum Gasteiger partial charge on any atom is -0.488 e. The molecular weight excluding hydrogens is 382 g/mol. The quantitative estimate of drug-likeness (QED) is 0.443. The molecule has 1 aliphatic heterocycles. The molecule has 4 rings (SSSR count). The van der Waals surface area contributed by atoms with Crippen molar-refractivity contribution in [3.05, 3.63) is 82.8 Å². The van der Waals surface area contributed by atoms with Gasteiger partial charge in [-0.05, 0) is 40.2 Å². The molecule has 142 valence electrons. The summed E-state index contributed by atoms with van der Waals surface area (Å²) in [5.74, 6) is 2.61. The normalized spacial score (nSPS) is 15.1. The molecule has 0 spiro atoms. The number of ether oxygens (including phenoxy) is 1. The van der Waals surface area contributed by atoms with Gasteiger partial charge in [0.25, 0.3) is 11.1 Å². The largest absolute Gasteiger partial charge is 0.488 e. The van der Waals surface area contributed by atoms with E-state index < -0.39 is 0 Å². The molecule has 1 heterocycles. The van der Waals surface area contributed by atoms with Gasteiger partial charge in [0.15, 0.2) is 0 Å². The third-order valence-electron chi connectivity index (χ3n) is 4.59. The fourth-order valence-corrected chi connectivity index (χ4v) is 4.00. The van der Waals surface area contributed by atoms with Crippen molar-refractivity contribution in [3.63, 3.8) is 0 Å². The second kappa shape index (κ2) is 8.26. The summed E-state index contributed by atoms with van der Waals surface area (Å²) >= 11 is 0.889. The van der Waals surface area contributed by atoms with Crippen molar-refractivity contribution in [2.45, 2.75) is 6.61 Å². The van der Waals surface area contributed by atoms with Gasteiger partial charge in [0.05, 0.1) is 11.4 Å². The van der Waals surface area contributed by atoms with E-state index in [2.05, 4.69) is 24.1 Å². The smallest absolute Gasteiger partial charge is 0.294 e. The van der Waals surface area contributed by atoms with Crippen molar-refractivity contribution < 1.29 is 14.3 Å². The van der Waals surface area contributed by atoms with Gasteiger partial charge in [0.1, 0.15) is 12.4 Å². The number of thioether (sulfide) groups is 1. The van der Waals surface area contributed by atoms with Gasteiger partial charge in [0.2, 0.25) is 0 Å². The summed E-state index contributed by atoms with van der Waals surface area (Å²) in [6.07, 6.45) is 6.92. The summed E-state index contributed by atoms with van der Waals surface area (Å²) in [4.78, 5) is 25.8. The van der Waals surface area contributed by atoms with E-state index in [1.165, 1.54) is 0 Å². The maximum absolute atomic E-state index is 12.4.